The van der Waals surface area contributed by atoms with Crippen LogP contribution in [0.3, 0.4) is 0 Å². The number of hydrogen-bond donors (Lipinski definition) is 8. The third-order valence-electron chi connectivity index (χ3n) is 2.99. The Bertz CT molecular complexity index is 457. The van der Waals surface area contributed by atoms with Gasteiger partial charge in [-0.3, -0.25) is 4.79 Å². The van der Waals surface area contributed by atoms with E-state index in [1.807, 2.05) is 0 Å². The molecule has 0 aromatic rings. The minimum atomic E-state index is -4.06. The number of carboxylic acids is 1. The van der Waals surface area contributed by atoms with Gasteiger partial charge >= 0.3 is 5.97 Å². The van der Waals surface area contributed by atoms with Gasteiger partial charge in [-0.25, -0.2) is 4.21 Å². The molecule has 10 nitrogen and oxygen atoms in total. The predicted molar refractivity (Wildman–Crippen MR) is 78.1 cm³/mol. The minimum Gasteiger partial charge on any atom is -0.480 e. The van der Waals surface area contributed by atoms with E-state index < -0.39 is 63.6 Å². The Labute approximate surface area is 131 Å². The van der Waals surface area contributed by atoms with Crippen molar-refractivity contribution in [3.05, 3.63) is 0 Å². The zero-order chi connectivity index (χ0) is 17.7. The van der Waals surface area contributed by atoms with Gasteiger partial charge in [0.2, 0.25) is 0 Å². The van der Waals surface area contributed by atoms with Gasteiger partial charge < -0.3 is 40.5 Å². The van der Waals surface area contributed by atoms with Crippen LogP contribution in [0, 0.1) is 0 Å². The highest BCUT2D eigenvalue weighted by Gasteiger charge is 2.35. The lowest BCUT2D eigenvalue weighted by Gasteiger charge is -2.27. The monoisotopic (exact) mass is 363 g/mol. The Morgan fingerprint density at radius 2 is 1.64 bits per heavy atom. The van der Waals surface area contributed by atoms with Crippen LogP contribution in [0.1, 0.15) is 6.92 Å². The number of aliphatic carboxylic acids is 1. The molecule has 0 aromatic heterocycles. The van der Waals surface area contributed by atoms with Crippen molar-refractivity contribution >= 4 is 25.9 Å². The van der Waals surface area contributed by atoms with E-state index in [4.69, 9.17) is 15.3 Å². The van der Waals surface area contributed by atoms with Crippen LogP contribution in [0.5, 0.6) is 0 Å². The average Bonchev–Trinajstić information content (AvgIpc) is 2.40. The lowest BCUT2D eigenvalue weighted by Crippen LogP contribution is -2.53. The Kier molecular flexibility index (Phi) is 8.82. The first kappa shape index (κ1) is 21.6. The molecule has 0 amide bonds. The first-order valence-electron chi connectivity index (χ1n) is 6.19. The second kappa shape index (κ2) is 9.00. The summed E-state index contributed by atoms with van der Waals surface area (Å²) >= 11 is 4.23. The average molecular weight is 363 g/mol. The summed E-state index contributed by atoms with van der Waals surface area (Å²) in [7, 11) is -4.06. The van der Waals surface area contributed by atoms with Gasteiger partial charge in [0, 0.05) is 23.8 Å². The summed E-state index contributed by atoms with van der Waals surface area (Å²) in [6.45, 7) is -0.0381. The minimum absolute atomic E-state index is 0.452. The summed E-state index contributed by atoms with van der Waals surface area (Å²) in [5, 5.41) is 55.8. The highest BCUT2D eigenvalue weighted by Crippen LogP contribution is 2.08. The number of carboxylic acid groups (broad SMARTS) is 1. The van der Waals surface area contributed by atoms with Crippen LogP contribution in [0.25, 0.3) is 0 Å². The predicted octanol–water partition coefficient (Wildman–Crippen LogP) is -3.93. The molecule has 7 atom stereocenters. The molecule has 12 heteroatoms. The van der Waals surface area contributed by atoms with E-state index in [1.165, 1.54) is 6.92 Å². The Morgan fingerprint density at radius 3 is 2.00 bits per heavy atom. The van der Waals surface area contributed by atoms with Gasteiger partial charge in [0.15, 0.2) is 14.0 Å². The number of rotatable bonds is 10. The van der Waals surface area contributed by atoms with Crippen LogP contribution in [0.4, 0.5) is 0 Å². The Balaban J connectivity index is 4.69. The van der Waals surface area contributed by atoms with E-state index in [0.717, 1.165) is 0 Å². The molecule has 0 heterocycles. The summed E-state index contributed by atoms with van der Waals surface area (Å²) in [6, 6.07) is -1.12. The summed E-state index contributed by atoms with van der Waals surface area (Å²) < 4.78 is 20.5. The lowest BCUT2D eigenvalue weighted by molar-refractivity contribution is -0.137. The van der Waals surface area contributed by atoms with Crippen LogP contribution < -0.4 is 5.32 Å². The van der Waals surface area contributed by atoms with Crippen molar-refractivity contribution in [2.75, 3.05) is 13.2 Å². The first-order chi connectivity index (χ1) is 9.93. The molecule has 0 bridgehead atoms. The van der Waals surface area contributed by atoms with Crippen LogP contribution in [-0.2, 0) is 24.8 Å². The van der Waals surface area contributed by atoms with Gasteiger partial charge in [0.1, 0.15) is 18.3 Å². The molecule has 8 N–H and O–H groups in total. The molecule has 0 saturated carbocycles. The molecule has 0 aromatic carbocycles. The number of nitrogens with one attached hydrogen (secondary N) is 1. The van der Waals surface area contributed by atoms with Gasteiger partial charge in [-0.2, -0.15) is 0 Å². The third-order valence-corrected chi connectivity index (χ3v) is 4.87. The summed E-state index contributed by atoms with van der Waals surface area (Å²) in [4.78, 5) is 10.9. The fourth-order valence-corrected chi connectivity index (χ4v) is 3.31. The zero-order valence-electron chi connectivity index (χ0n) is 11.6. The fraction of sp³-hybridized carbons (Fsp3) is 0.900. The van der Waals surface area contributed by atoms with E-state index in [9.17, 15) is 28.9 Å². The Hall–Kier alpha value is -0.440. The van der Waals surface area contributed by atoms with Crippen molar-refractivity contribution in [2.45, 2.75) is 42.6 Å². The quantitative estimate of drug-likeness (QED) is 0.189. The van der Waals surface area contributed by atoms with Gasteiger partial charge in [0.25, 0.3) is 0 Å². The first-order valence-corrected chi connectivity index (χ1v) is 8.69. The number of carbonyl (C=O) groups is 1. The summed E-state index contributed by atoms with van der Waals surface area (Å²) in [6.07, 6.45) is -6.95. The van der Waals surface area contributed by atoms with Crippen LogP contribution in [-0.4, -0.2) is 94.2 Å². The number of hydrogen-bond acceptors (Lipinski definition) is 9. The molecule has 0 rings (SSSR count). The van der Waals surface area contributed by atoms with E-state index in [1.54, 1.807) is 0 Å². The highest BCUT2D eigenvalue weighted by atomic mass is 32.8. The second-order valence-corrected chi connectivity index (χ2v) is 7.74. The number of aliphatic hydroxyl groups is 5. The molecule has 132 valence electrons. The van der Waals surface area contributed by atoms with Crippen molar-refractivity contribution in [1.29, 1.82) is 0 Å². The van der Waals surface area contributed by atoms with Crippen LogP contribution in [0.2, 0.25) is 0 Å². The smallest absolute Gasteiger partial charge is 0.323 e. The summed E-state index contributed by atoms with van der Waals surface area (Å²) in [5.41, 5.74) is 0. The molecule has 0 aliphatic carbocycles. The van der Waals surface area contributed by atoms with Crippen LogP contribution >= 0.6 is 0 Å². The van der Waals surface area contributed by atoms with Crippen molar-refractivity contribution in [2.24, 2.45) is 0 Å². The van der Waals surface area contributed by atoms with Gasteiger partial charge in [-0.05, 0) is 6.92 Å². The molecule has 0 aliphatic rings. The van der Waals surface area contributed by atoms with E-state index in [0.29, 0.717) is 0 Å². The number of aliphatic hydroxyl groups excluding tert-OH is 5. The SMILES string of the molecule is CC(NCC(O)C(O)C(O)C(O)CO)C(C(=O)O)S(=O)(O)=S. The maximum Gasteiger partial charge on any atom is 0.323 e. The second-order valence-electron chi connectivity index (χ2n) is 4.77. The lowest BCUT2D eigenvalue weighted by atomic mass is 10.0. The highest BCUT2D eigenvalue weighted by molar-refractivity contribution is 8.30. The molecule has 22 heavy (non-hydrogen) atoms. The molecule has 7 unspecified atom stereocenters. The van der Waals surface area contributed by atoms with Crippen molar-refractivity contribution in [1.82, 2.24) is 5.32 Å². The van der Waals surface area contributed by atoms with Crippen molar-refractivity contribution in [3.8, 4) is 0 Å². The maximum atomic E-state index is 11.3. The molecule has 0 aliphatic heterocycles. The normalized spacial score (nSPS) is 22.9. The van der Waals surface area contributed by atoms with E-state index >= 15 is 0 Å². The van der Waals surface area contributed by atoms with Gasteiger partial charge in [-0.1, -0.05) is 0 Å². The fourth-order valence-electron chi connectivity index (χ4n) is 1.70. The standard InChI is InChI=1S/C10H21NO9S2/c1-4(9(10(17)18)22(19,20)21)11-2-5(13)7(15)8(16)6(14)3-12/h4-9,11-16H,2-3H2,1H3,(H,17,18)(H,19,20,21). The largest absolute Gasteiger partial charge is 0.480 e. The molecule has 0 radical (unpaired) electrons. The molecule has 0 spiro atoms. The molecular formula is C10H21NO9S2. The van der Waals surface area contributed by atoms with Crippen LogP contribution in [0.15, 0.2) is 0 Å². The Morgan fingerprint density at radius 1 is 1.18 bits per heavy atom. The van der Waals surface area contributed by atoms with Crippen molar-refractivity contribution in [3.63, 3.8) is 0 Å². The summed E-state index contributed by atoms with van der Waals surface area (Å²) in [5.74, 6) is -1.60. The molecular weight excluding hydrogens is 342 g/mol. The van der Waals surface area contributed by atoms with Crippen molar-refractivity contribution < 1.29 is 44.2 Å². The molecule has 0 fully saturated rings. The van der Waals surface area contributed by atoms with Gasteiger partial charge in [0.05, 0.1) is 12.7 Å². The topological polar surface area (TPSA) is 188 Å². The van der Waals surface area contributed by atoms with E-state index in [2.05, 4.69) is 16.5 Å². The van der Waals surface area contributed by atoms with Gasteiger partial charge in [-0.15, -0.1) is 0 Å². The maximum absolute atomic E-state index is 11.3. The molecule has 0 saturated heterocycles. The zero-order valence-corrected chi connectivity index (χ0v) is 13.3. The third kappa shape index (κ3) is 6.36. The van der Waals surface area contributed by atoms with E-state index in [-0.39, 0.29) is 0 Å².